The molecule has 19 heavy (non-hydrogen) atoms. The number of allylic oxidation sites excluding steroid dienone is 1. The lowest BCUT2D eigenvalue weighted by atomic mass is 10.2. The Kier molecular flexibility index (Phi) is 3.58. The first-order chi connectivity index (χ1) is 9.11. The van der Waals surface area contributed by atoms with Crippen molar-refractivity contribution in [1.82, 2.24) is 20.6 Å². The molecule has 0 aliphatic carbocycles. The number of benzene rings is 1. The highest BCUT2D eigenvalue weighted by Crippen LogP contribution is 2.29. The number of nitriles is 1. The van der Waals surface area contributed by atoms with Gasteiger partial charge in [0.15, 0.2) is 0 Å². The standard InChI is InChI=1S/C10H6ClFN6O/c11-6-1-8(9(19)2-7(6)12)14-4-5(3-13)10-15-17-18-16-10/h1-2,4,14,19H,(H,15,16,17,18). The van der Waals surface area contributed by atoms with Crippen molar-refractivity contribution in [3.8, 4) is 11.8 Å². The van der Waals surface area contributed by atoms with Crippen molar-refractivity contribution in [1.29, 1.82) is 5.26 Å². The Morgan fingerprint density at radius 2 is 2.37 bits per heavy atom. The van der Waals surface area contributed by atoms with Crippen molar-refractivity contribution in [2.75, 3.05) is 5.32 Å². The quantitative estimate of drug-likeness (QED) is 0.583. The number of hydrogen-bond donors (Lipinski definition) is 3. The highest BCUT2D eigenvalue weighted by Gasteiger charge is 2.09. The van der Waals surface area contributed by atoms with E-state index in [0.717, 1.165) is 6.07 Å². The topological polar surface area (TPSA) is 111 Å². The van der Waals surface area contributed by atoms with Crippen molar-refractivity contribution < 1.29 is 9.50 Å². The van der Waals surface area contributed by atoms with Gasteiger partial charge in [0.2, 0.25) is 5.82 Å². The maximum Gasteiger partial charge on any atom is 0.216 e. The number of nitrogens with zero attached hydrogens (tertiary/aromatic N) is 4. The normalized spacial score (nSPS) is 11.1. The third kappa shape index (κ3) is 2.78. The molecule has 1 heterocycles. The molecule has 0 saturated heterocycles. The van der Waals surface area contributed by atoms with Gasteiger partial charge in [0, 0.05) is 12.3 Å². The van der Waals surface area contributed by atoms with Gasteiger partial charge in [0.1, 0.15) is 23.2 Å². The number of H-pyrrole nitrogens is 1. The summed E-state index contributed by atoms with van der Waals surface area (Å²) in [5.41, 5.74) is 0.219. The van der Waals surface area contributed by atoms with Gasteiger partial charge in [0.05, 0.1) is 10.7 Å². The zero-order chi connectivity index (χ0) is 13.8. The number of hydrogen-bond acceptors (Lipinski definition) is 6. The average Bonchev–Trinajstić information content (AvgIpc) is 2.90. The van der Waals surface area contributed by atoms with E-state index in [1.165, 1.54) is 12.3 Å². The lowest BCUT2D eigenvalue weighted by Crippen LogP contribution is -1.94. The molecule has 7 nitrogen and oxygen atoms in total. The first-order valence-electron chi connectivity index (χ1n) is 4.90. The lowest BCUT2D eigenvalue weighted by Gasteiger charge is -2.05. The van der Waals surface area contributed by atoms with Gasteiger partial charge in [0.25, 0.3) is 0 Å². The van der Waals surface area contributed by atoms with E-state index in [2.05, 4.69) is 25.9 Å². The van der Waals surface area contributed by atoms with Gasteiger partial charge >= 0.3 is 0 Å². The van der Waals surface area contributed by atoms with Crippen LogP contribution in [0.25, 0.3) is 5.57 Å². The van der Waals surface area contributed by atoms with Crippen LogP contribution in [0.5, 0.6) is 5.75 Å². The first kappa shape index (κ1) is 12.8. The van der Waals surface area contributed by atoms with Crippen molar-refractivity contribution in [3.05, 3.63) is 35.0 Å². The van der Waals surface area contributed by atoms with Crippen LogP contribution in [0.4, 0.5) is 10.1 Å². The van der Waals surface area contributed by atoms with Crippen molar-refractivity contribution in [3.63, 3.8) is 0 Å². The van der Waals surface area contributed by atoms with E-state index in [0.29, 0.717) is 0 Å². The van der Waals surface area contributed by atoms with Crippen LogP contribution < -0.4 is 5.32 Å². The Balaban J connectivity index is 2.27. The molecular formula is C10H6ClFN6O. The number of anilines is 1. The van der Waals surface area contributed by atoms with Gasteiger partial charge in [-0.05, 0) is 11.3 Å². The van der Waals surface area contributed by atoms with E-state index in [1.807, 2.05) is 6.07 Å². The van der Waals surface area contributed by atoms with E-state index < -0.39 is 5.82 Å². The predicted molar refractivity (Wildman–Crippen MR) is 64.5 cm³/mol. The number of aromatic nitrogens is 4. The minimum Gasteiger partial charge on any atom is -0.506 e. The number of aromatic hydroxyl groups is 1. The van der Waals surface area contributed by atoms with Crippen molar-refractivity contribution >= 4 is 22.9 Å². The van der Waals surface area contributed by atoms with E-state index in [4.69, 9.17) is 16.9 Å². The Bertz CT molecular complexity index is 663. The molecule has 0 spiro atoms. The predicted octanol–water partition coefficient (Wildman–Crippen LogP) is 1.67. The molecule has 2 rings (SSSR count). The molecule has 0 radical (unpaired) electrons. The Labute approximate surface area is 111 Å². The minimum atomic E-state index is -0.743. The highest BCUT2D eigenvalue weighted by atomic mass is 35.5. The second-order valence-corrected chi connectivity index (χ2v) is 3.74. The number of phenolic OH excluding ortho intramolecular Hbond substituents is 1. The molecule has 0 saturated carbocycles. The third-order valence-electron chi connectivity index (χ3n) is 2.12. The Morgan fingerprint density at radius 1 is 1.58 bits per heavy atom. The summed E-state index contributed by atoms with van der Waals surface area (Å²) < 4.78 is 13.0. The molecule has 0 aliphatic heterocycles. The molecule has 0 atom stereocenters. The Morgan fingerprint density at radius 3 is 3.00 bits per heavy atom. The van der Waals surface area contributed by atoms with Crippen LogP contribution in [0.3, 0.4) is 0 Å². The van der Waals surface area contributed by atoms with Crippen LogP contribution in [0, 0.1) is 17.1 Å². The van der Waals surface area contributed by atoms with Crippen LogP contribution in [0.1, 0.15) is 5.82 Å². The summed E-state index contributed by atoms with van der Waals surface area (Å²) in [7, 11) is 0. The number of halogens is 2. The Hall–Kier alpha value is -2.66. The van der Waals surface area contributed by atoms with Crippen LogP contribution in [0.15, 0.2) is 18.3 Å². The second-order valence-electron chi connectivity index (χ2n) is 3.33. The molecule has 3 N–H and O–H groups in total. The molecule has 0 unspecified atom stereocenters. The summed E-state index contributed by atoms with van der Waals surface area (Å²) in [5.74, 6) is -1.00. The largest absolute Gasteiger partial charge is 0.506 e. The molecular weight excluding hydrogens is 275 g/mol. The number of tetrazole rings is 1. The summed E-state index contributed by atoms with van der Waals surface area (Å²) in [4.78, 5) is 0. The van der Waals surface area contributed by atoms with E-state index in [-0.39, 0.29) is 27.9 Å². The van der Waals surface area contributed by atoms with Gasteiger partial charge in [-0.25, -0.2) is 4.39 Å². The van der Waals surface area contributed by atoms with Gasteiger partial charge in [-0.2, -0.15) is 10.5 Å². The van der Waals surface area contributed by atoms with Crippen molar-refractivity contribution in [2.45, 2.75) is 0 Å². The molecule has 0 aliphatic rings. The zero-order valence-corrected chi connectivity index (χ0v) is 9.98. The maximum atomic E-state index is 13.0. The van der Waals surface area contributed by atoms with Crippen molar-refractivity contribution in [2.24, 2.45) is 0 Å². The molecule has 0 amide bonds. The lowest BCUT2D eigenvalue weighted by molar-refractivity contribution is 0.471. The fourth-order valence-electron chi connectivity index (χ4n) is 1.22. The van der Waals surface area contributed by atoms with Crippen LogP contribution >= 0.6 is 11.6 Å². The highest BCUT2D eigenvalue weighted by molar-refractivity contribution is 6.31. The molecule has 0 fully saturated rings. The SMILES string of the molecule is N#CC(=CNc1cc(Cl)c(F)cc1O)c1nn[nH]n1. The second kappa shape index (κ2) is 5.32. The van der Waals surface area contributed by atoms with E-state index in [1.54, 1.807) is 0 Å². The molecule has 0 bridgehead atoms. The first-order valence-corrected chi connectivity index (χ1v) is 5.28. The molecule has 2 aromatic rings. The number of rotatable bonds is 3. The van der Waals surface area contributed by atoms with Gasteiger partial charge in [-0.3, -0.25) is 0 Å². The van der Waals surface area contributed by atoms with E-state index >= 15 is 0 Å². The fourth-order valence-corrected chi connectivity index (χ4v) is 1.39. The summed E-state index contributed by atoms with van der Waals surface area (Å²) in [6.45, 7) is 0. The smallest absolute Gasteiger partial charge is 0.216 e. The van der Waals surface area contributed by atoms with Crippen LogP contribution in [0.2, 0.25) is 5.02 Å². The van der Waals surface area contributed by atoms with E-state index in [9.17, 15) is 9.50 Å². The molecule has 9 heteroatoms. The number of aromatic amines is 1. The maximum absolute atomic E-state index is 13.0. The van der Waals surface area contributed by atoms with Gasteiger partial charge in [-0.1, -0.05) is 11.6 Å². The summed E-state index contributed by atoms with van der Waals surface area (Å²) >= 11 is 5.58. The summed E-state index contributed by atoms with van der Waals surface area (Å²) in [5, 5.41) is 33.6. The number of phenols is 1. The van der Waals surface area contributed by atoms with Crippen LogP contribution in [-0.4, -0.2) is 25.7 Å². The van der Waals surface area contributed by atoms with Crippen LogP contribution in [-0.2, 0) is 0 Å². The molecule has 1 aromatic carbocycles. The third-order valence-corrected chi connectivity index (χ3v) is 2.41. The fraction of sp³-hybridized carbons (Fsp3) is 0. The molecule has 96 valence electrons. The zero-order valence-electron chi connectivity index (χ0n) is 9.22. The average molecular weight is 281 g/mol. The number of nitrogens with one attached hydrogen (secondary N) is 2. The summed E-state index contributed by atoms with van der Waals surface area (Å²) in [6, 6.07) is 3.89. The van der Waals surface area contributed by atoms with Gasteiger partial charge < -0.3 is 10.4 Å². The van der Waals surface area contributed by atoms with Gasteiger partial charge in [-0.15, -0.1) is 10.2 Å². The monoisotopic (exact) mass is 280 g/mol. The molecule has 1 aromatic heterocycles. The minimum absolute atomic E-state index is 0.0774. The summed E-state index contributed by atoms with van der Waals surface area (Å²) in [6.07, 6.45) is 1.24.